The zero-order chi connectivity index (χ0) is 24.7. The molecule has 1 saturated heterocycles. The molecule has 1 amide bonds. The van der Waals surface area contributed by atoms with E-state index in [9.17, 15) is 4.79 Å². The van der Waals surface area contributed by atoms with E-state index in [4.69, 9.17) is 5.73 Å². The molecule has 0 radical (unpaired) electrons. The van der Waals surface area contributed by atoms with Crippen molar-refractivity contribution in [2.24, 2.45) is 0 Å². The Morgan fingerprint density at radius 1 is 0.750 bits per heavy atom. The molecule has 2 heterocycles. The first-order chi connectivity index (χ1) is 17.7. The molecule has 5 rings (SSSR count). The summed E-state index contributed by atoms with van der Waals surface area (Å²) in [6, 6.07) is 29.8. The van der Waals surface area contributed by atoms with Crippen molar-refractivity contribution in [3.63, 3.8) is 0 Å². The number of nitrogens with zero attached hydrogens (tertiary/aromatic N) is 4. The molecule has 0 bridgehead atoms. The minimum Gasteiger partial charge on any atom is -0.393 e. The van der Waals surface area contributed by atoms with Gasteiger partial charge in [-0.05, 0) is 23.3 Å². The molecule has 0 atom stereocenters. The van der Waals surface area contributed by atoms with Gasteiger partial charge in [0.2, 0.25) is 5.91 Å². The molecule has 1 aliphatic heterocycles. The first-order valence-corrected chi connectivity index (χ1v) is 12.0. The van der Waals surface area contributed by atoms with Crippen molar-refractivity contribution in [1.82, 2.24) is 15.4 Å². The lowest BCUT2D eigenvalue weighted by Gasteiger charge is -2.37. The van der Waals surface area contributed by atoms with Crippen LogP contribution in [0.25, 0.3) is 0 Å². The number of aromatic nitrogens is 2. The van der Waals surface area contributed by atoms with E-state index in [0.717, 1.165) is 37.3 Å². The van der Waals surface area contributed by atoms with Gasteiger partial charge in [-0.1, -0.05) is 78.9 Å². The Morgan fingerprint density at radius 2 is 1.28 bits per heavy atom. The Hall–Kier alpha value is -4.59. The van der Waals surface area contributed by atoms with Crippen LogP contribution in [0, 0.1) is 0 Å². The van der Waals surface area contributed by atoms with Gasteiger partial charge < -0.3 is 15.5 Å². The lowest BCUT2D eigenvalue weighted by atomic mass is 9.91. The number of carbonyl (C=O) groups is 1. The third-order valence-electron chi connectivity index (χ3n) is 6.40. The van der Waals surface area contributed by atoms with Crippen LogP contribution in [0.5, 0.6) is 0 Å². The van der Waals surface area contributed by atoms with Crippen LogP contribution >= 0.6 is 0 Å². The maximum absolute atomic E-state index is 13.3. The molecule has 1 fully saturated rings. The Balaban J connectivity index is 1.28. The number of piperazine rings is 1. The zero-order valence-corrected chi connectivity index (χ0v) is 19.9. The SMILES string of the molecule is Nc1c(NNC(=O)C(c2ccccc2)c2ccccc2)ncnc1N1CCN(c2ccccc2)CC1. The maximum atomic E-state index is 13.3. The largest absolute Gasteiger partial charge is 0.393 e. The lowest BCUT2D eigenvalue weighted by molar-refractivity contribution is -0.121. The van der Waals surface area contributed by atoms with Gasteiger partial charge in [0, 0.05) is 31.9 Å². The van der Waals surface area contributed by atoms with Crippen LogP contribution in [-0.4, -0.2) is 42.1 Å². The fourth-order valence-electron chi connectivity index (χ4n) is 4.53. The molecule has 182 valence electrons. The predicted molar refractivity (Wildman–Crippen MR) is 144 cm³/mol. The smallest absolute Gasteiger partial charge is 0.250 e. The Bertz CT molecular complexity index is 1240. The van der Waals surface area contributed by atoms with Gasteiger partial charge in [-0.25, -0.2) is 9.97 Å². The molecule has 4 N–H and O–H groups in total. The average Bonchev–Trinajstić information content (AvgIpc) is 2.94. The number of anilines is 4. The molecule has 4 aromatic rings. The summed E-state index contributed by atoms with van der Waals surface area (Å²) < 4.78 is 0. The van der Waals surface area contributed by atoms with Crippen molar-refractivity contribution in [1.29, 1.82) is 0 Å². The molecule has 8 heteroatoms. The van der Waals surface area contributed by atoms with Gasteiger partial charge in [0.25, 0.3) is 0 Å². The molecular formula is C28H29N7O. The van der Waals surface area contributed by atoms with Crippen molar-refractivity contribution < 1.29 is 4.79 Å². The van der Waals surface area contributed by atoms with Gasteiger partial charge >= 0.3 is 0 Å². The van der Waals surface area contributed by atoms with Gasteiger partial charge in [0.05, 0.1) is 5.92 Å². The summed E-state index contributed by atoms with van der Waals surface area (Å²) in [6.45, 7) is 3.30. The molecule has 1 aliphatic rings. The monoisotopic (exact) mass is 479 g/mol. The third kappa shape index (κ3) is 5.07. The molecular weight excluding hydrogens is 450 g/mol. The van der Waals surface area contributed by atoms with Crippen LogP contribution in [0.2, 0.25) is 0 Å². The van der Waals surface area contributed by atoms with E-state index in [1.54, 1.807) is 0 Å². The lowest BCUT2D eigenvalue weighted by Crippen LogP contribution is -2.47. The highest BCUT2D eigenvalue weighted by molar-refractivity contribution is 5.88. The van der Waals surface area contributed by atoms with E-state index < -0.39 is 5.92 Å². The number of carbonyl (C=O) groups excluding carboxylic acids is 1. The summed E-state index contributed by atoms with van der Waals surface area (Å²) >= 11 is 0. The van der Waals surface area contributed by atoms with Crippen LogP contribution in [0.15, 0.2) is 97.3 Å². The van der Waals surface area contributed by atoms with E-state index in [0.29, 0.717) is 17.3 Å². The number of hydrogen-bond acceptors (Lipinski definition) is 7. The number of hydrogen-bond donors (Lipinski definition) is 3. The molecule has 36 heavy (non-hydrogen) atoms. The Labute approximate surface area is 210 Å². The minimum absolute atomic E-state index is 0.205. The highest BCUT2D eigenvalue weighted by Crippen LogP contribution is 2.28. The fraction of sp³-hybridized carbons (Fsp3) is 0.179. The maximum Gasteiger partial charge on any atom is 0.250 e. The van der Waals surface area contributed by atoms with Gasteiger partial charge in [0.15, 0.2) is 11.6 Å². The molecule has 0 spiro atoms. The number of para-hydroxylation sites is 1. The molecule has 8 nitrogen and oxygen atoms in total. The summed E-state index contributed by atoms with van der Waals surface area (Å²) in [6.07, 6.45) is 1.47. The summed E-state index contributed by atoms with van der Waals surface area (Å²) in [5.74, 6) is 0.354. The van der Waals surface area contributed by atoms with Gasteiger partial charge in [-0.15, -0.1) is 0 Å². The van der Waals surface area contributed by atoms with Gasteiger partial charge in [-0.2, -0.15) is 0 Å². The number of rotatable bonds is 7. The second kappa shape index (κ2) is 10.8. The van der Waals surface area contributed by atoms with Crippen molar-refractivity contribution >= 4 is 28.9 Å². The second-order valence-electron chi connectivity index (χ2n) is 8.64. The van der Waals surface area contributed by atoms with Crippen molar-refractivity contribution in [3.8, 4) is 0 Å². The number of hydrazine groups is 1. The number of nitrogen functional groups attached to an aromatic ring is 1. The minimum atomic E-state index is -0.478. The van der Waals surface area contributed by atoms with E-state index in [2.05, 4.69) is 54.9 Å². The number of nitrogens with two attached hydrogens (primary N) is 1. The van der Waals surface area contributed by atoms with Crippen molar-refractivity contribution in [3.05, 3.63) is 108 Å². The summed E-state index contributed by atoms with van der Waals surface area (Å²) in [4.78, 5) is 26.5. The summed E-state index contributed by atoms with van der Waals surface area (Å²) in [7, 11) is 0. The second-order valence-corrected chi connectivity index (χ2v) is 8.64. The first-order valence-electron chi connectivity index (χ1n) is 12.0. The van der Waals surface area contributed by atoms with E-state index in [1.807, 2.05) is 66.7 Å². The zero-order valence-electron chi connectivity index (χ0n) is 19.9. The normalized spacial score (nSPS) is 13.5. The van der Waals surface area contributed by atoms with Crippen LogP contribution < -0.4 is 26.4 Å². The molecule has 0 saturated carbocycles. The molecule has 0 aliphatic carbocycles. The van der Waals surface area contributed by atoms with Crippen LogP contribution in [-0.2, 0) is 4.79 Å². The van der Waals surface area contributed by atoms with Crippen molar-refractivity contribution in [2.45, 2.75) is 5.92 Å². The van der Waals surface area contributed by atoms with Crippen LogP contribution in [0.3, 0.4) is 0 Å². The number of nitrogens with one attached hydrogen (secondary N) is 2. The molecule has 0 unspecified atom stereocenters. The fourth-order valence-corrected chi connectivity index (χ4v) is 4.53. The van der Waals surface area contributed by atoms with Crippen LogP contribution in [0.1, 0.15) is 17.0 Å². The van der Waals surface area contributed by atoms with Gasteiger partial charge in [0.1, 0.15) is 12.0 Å². The first kappa shape index (κ1) is 23.2. The highest BCUT2D eigenvalue weighted by atomic mass is 16.2. The number of amides is 1. The Kier molecular flexibility index (Phi) is 6.93. The number of benzene rings is 3. The standard InChI is InChI=1S/C28H29N7O/c29-25-26(30-20-31-27(25)35-18-16-34(17-19-35)23-14-8-3-9-15-23)32-33-28(36)24(21-10-4-1-5-11-21)22-12-6-2-7-13-22/h1-15,20,24H,16-19,29H2,(H,33,36)(H,30,31,32). The van der Waals surface area contributed by atoms with E-state index in [-0.39, 0.29) is 5.91 Å². The van der Waals surface area contributed by atoms with Crippen LogP contribution in [0.4, 0.5) is 23.0 Å². The summed E-state index contributed by atoms with van der Waals surface area (Å²) in [5.41, 5.74) is 15.6. The predicted octanol–water partition coefficient (Wildman–Crippen LogP) is 3.66. The highest BCUT2D eigenvalue weighted by Gasteiger charge is 2.24. The third-order valence-corrected chi connectivity index (χ3v) is 6.40. The van der Waals surface area contributed by atoms with E-state index >= 15 is 0 Å². The average molecular weight is 480 g/mol. The Morgan fingerprint density at radius 3 is 1.86 bits per heavy atom. The molecule has 3 aromatic carbocycles. The molecule has 1 aromatic heterocycles. The quantitative estimate of drug-likeness (QED) is 0.348. The van der Waals surface area contributed by atoms with Crippen molar-refractivity contribution in [2.75, 3.05) is 47.1 Å². The summed E-state index contributed by atoms with van der Waals surface area (Å²) in [5, 5.41) is 0. The topological polar surface area (TPSA) is 99.4 Å². The van der Waals surface area contributed by atoms with Gasteiger partial charge in [-0.3, -0.25) is 15.6 Å². The van der Waals surface area contributed by atoms with E-state index in [1.165, 1.54) is 12.0 Å².